The van der Waals surface area contributed by atoms with Crippen molar-refractivity contribution < 1.29 is 9.90 Å². The molecule has 2 N–H and O–H groups in total. The van der Waals surface area contributed by atoms with Gasteiger partial charge in [0.25, 0.3) is 0 Å². The minimum atomic E-state index is -0.163. The molecule has 1 aromatic carbocycles. The number of hydrogen-bond acceptors (Lipinski definition) is 2. The van der Waals surface area contributed by atoms with E-state index in [0.29, 0.717) is 13.1 Å². The highest BCUT2D eigenvalue weighted by molar-refractivity contribution is 9.10. The molecule has 0 heterocycles. The van der Waals surface area contributed by atoms with Gasteiger partial charge < -0.3 is 15.3 Å². The van der Waals surface area contributed by atoms with Crippen molar-refractivity contribution in [2.45, 2.75) is 26.7 Å². The molecule has 0 aliphatic heterocycles. The number of carbonyl (C=O) groups is 1. The molecule has 1 rings (SSSR count). The minimum absolute atomic E-state index is 0.0192. The Labute approximate surface area is 122 Å². The molecule has 1 aromatic rings. The second kappa shape index (κ2) is 8.17. The molecule has 5 heteroatoms. The number of hydrogen-bond donors (Lipinski definition) is 2. The van der Waals surface area contributed by atoms with E-state index >= 15 is 0 Å². The van der Waals surface area contributed by atoms with Gasteiger partial charge >= 0.3 is 6.03 Å². The molecular formula is C14H21BrN2O2. The number of urea groups is 1. The minimum Gasteiger partial charge on any atom is -0.395 e. The van der Waals surface area contributed by atoms with Crippen LogP contribution in [0.3, 0.4) is 0 Å². The topological polar surface area (TPSA) is 52.6 Å². The first-order chi connectivity index (χ1) is 9.10. The Balaban J connectivity index is 2.72. The Morgan fingerprint density at radius 1 is 1.42 bits per heavy atom. The smallest absolute Gasteiger partial charge is 0.321 e. The van der Waals surface area contributed by atoms with Crippen LogP contribution in [0, 0.1) is 6.92 Å². The SMILES string of the molecule is CCCCN(CCO)C(=O)Nc1cccc(Br)c1C. The van der Waals surface area contributed by atoms with Crippen LogP contribution >= 0.6 is 15.9 Å². The van der Waals surface area contributed by atoms with Crippen molar-refractivity contribution in [3.8, 4) is 0 Å². The third kappa shape index (κ3) is 4.84. The Morgan fingerprint density at radius 3 is 2.79 bits per heavy atom. The van der Waals surface area contributed by atoms with Crippen molar-refractivity contribution in [2.75, 3.05) is 25.0 Å². The second-order valence-electron chi connectivity index (χ2n) is 4.41. The van der Waals surface area contributed by atoms with Gasteiger partial charge in [0, 0.05) is 23.2 Å². The first-order valence-electron chi connectivity index (χ1n) is 6.52. The van der Waals surface area contributed by atoms with Gasteiger partial charge in [-0.25, -0.2) is 4.79 Å². The molecule has 19 heavy (non-hydrogen) atoms. The van der Waals surface area contributed by atoms with Gasteiger partial charge in [-0.2, -0.15) is 0 Å². The molecular weight excluding hydrogens is 308 g/mol. The number of anilines is 1. The highest BCUT2D eigenvalue weighted by Gasteiger charge is 2.13. The van der Waals surface area contributed by atoms with Crippen molar-refractivity contribution in [3.63, 3.8) is 0 Å². The summed E-state index contributed by atoms with van der Waals surface area (Å²) in [6.07, 6.45) is 1.95. The first-order valence-corrected chi connectivity index (χ1v) is 7.31. The lowest BCUT2D eigenvalue weighted by Crippen LogP contribution is -2.37. The number of nitrogens with one attached hydrogen (secondary N) is 1. The maximum Gasteiger partial charge on any atom is 0.321 e. The lowest BCUT2D eigenvalue weighted by Gasteiger charge is -2.22. The fraction of sp³-hybridized carbons (Fsp3) is 0.500. The Morgan fingerprint density at radius 2 is 2.16 bits per heavy atom. The molecule has 0 unspecified atom stereocenters. The van der Waals surface area contributed by atoms with Crippen LogP contribution in [0.1, 0.15) is 25.3 Å². The summed E-state index contributed by atoms with van der Waals surface area (Å²) in [7, 11) is 0. The van der Waals surface area contributed by atoms with Crippen LogP contribution in [-0.2, 0) is 0 Å². The van der Waals surface area contributed by atoms with Gasteiger partial charge in [0.05, 0.1) is 6.61 Å². The van der Waals surface area contributed by atoms with Crippen molar-refractivity contribution in [1.29, 1.82) is 0 Å². The van der Waals surface area contributed by atoms with Crippen molar-refractivity contribution in [1.82, 2.24) is 4.90 Å². The average molecular weight is 329 g/mol. The van der Waals surface area contributed by atoms with E-state index in [1.54, 1.807) is 4.90 Å². The summed E-state index contributed by atoms with van der Waals surface area (Å²) < 4.78 is 0.965. The number of unbranched alkanes of at least 4 members (excludes halogenated alkanes) is 1. The molecule has 4 nitrogen and oxygen atoms in total. The predicted octanol–water partition coefficient (Wildman–Crippen LogP) is 3.38. The monoisotopic (exact) mass is 328 g/mol. The van der Waals surface area contributed by atoms with Crippen LogP contribution in [0.2, 0.25) is 0 Å². The van der Waals surface area contributed by atoms with Crippen molar-refractivity contribution in [3.05, 3.63) is 28.2 Å². The molecule has 0 aliphatic rings. The summed E-state index contributed by atoms with van der Waals surface area (Å²) in [6, 6.07) is 5.53. The lowest BCUT2D eigenvalue weighted by molar-refractivity contribution is 0.187. The molecule has 2 amide bonds. The third-order valence-electron chi connectivity index (χ3n) is 2.95. The van der Waals surface area contributed by atoms with Crippen LogP contribution in [0.4, 0.5) is 10.5 Å². The largest absolute Gasteiger partial charge is 0.395 e. The number of benzene rings is 1. The predicted molar refractivity (Wildman–Crippen MR) is 81.5 cm³/mol. The third-order valence-corrected chi connectivity index (χ3v) is 3.81. The zero-order valence-electron chi connectivity index (χ0n) is 11.4. The summed E-state index contributed by atoms with van der Waals surface area (Å²) in [5.41, 5.74) is 1.79. The first kappa shape index (κ1) is 16.0. The van der Waals surface area contributed by atoms with E-state index in [-0.39, 0.29) is 12.6 Å². The molecule has 0 spiro atoms. The van der Waals surface area contributed by atoms with E-state index in [0.717, 1.165) is 28.6 Å². The standard InChI is InChI=1S/C14H21BrN2O2/c1-3-4-8-17(9-10-18)14(19)16-13-7-5-6-12(15)11(13)2/h5-7,18H,3-4,8-10H2,1-2H3,(H,16,19). The Kier molecular flexibility index (Phi) is 6.87. The molecule has 0 atom stereocenters. The maximum atomic E-state index is 12.2. The van der Waals surface area contributed by atoms with Crippen molar-refractivity contribution in [2.24, 2.45) is 0 Å². The molecule has 0 saturated carbocycles. The van der Waals surface area contributed by atoms with Gasteiger partial charge in [0.2, 0.25) is 0 Å². The van der Waals surface area contributed by atoms with Gasteiger partial charge in [-0.1, -0.05) is 35.3 Å². The number of halogens is 1. The molecule has 0 radical (unpaired) electrons. The molecule has 0 aromatic heterocycles. The van der Waals surface area contributed by atoms with E-state index in [1.807, 2.05) is 25.1 Å². The van der Waals surface area contributed by atoms with Crippen LogP contribution in [-0.4, -0.2) is 35.7 Å². The van der Waals surface area contributed by atoms with Crippen LogP contribution in [0.15, 0.2) is 22.7 Å². The van der Waals surface area contributed by atoms with Crippen LogP contribution in [0.5, 0.6) is 0 Å². The van der Waals surface area contributed by atoms with Gasteiger partial charge in [0.15, 0.2) is 0 Å². The fourth-order valence-corrected chi connectivity index (χ4v) is 2.09. The fourth-order valence-electron chi connectivity index (χ4n) is 1.72. The summed E-state index contributed by atoms with van der Waals surface area (Å²) in [5.74, 6) is 0. The molecule has 106 valence electrons. The molecule has 0 aliphatic carbocycles. The van der Waals surface area contributed by atoms with E-state index in [4.69, 9.17) is 5.11 Å². The second-order valence-corrected chi connectivity index (χ2v) is 5.26. The number of amides is 2. The van der Waals surface area contributed by atoms with E-state index < -0.39 is 0 Å². The number of aliphatic hydroxyl groups is 1. The molecule has 0 fully saturated rings. The van der Waals surface area contributed by atoms with Gasteiger partial charge in [0.1, 0.15) is 0 Å². The number of nitrogens with zero attached hydrogens (tertiary/aromatic N) is 1. The highest BCUT2D eigenvalue weighted by atomic mass is 79.9. The summed E-state index contributed by atoms with van der Waals surface area (Å²) in [6.45, 7) is 5.03. The maximum absolute atomic E-state index is 12.2. The number of carbonyl (C=O) groups excluding carboxylic acids is 1. The van der Waals surface area contributed by atoms with E-state index in [9.17, 15) is 4.79 Å². The average Bonchev–Trinajstić information content (AvgIpc) is 2.39. The van der Waals surface area contributed by atoms with Gasteiger partial charge in [-0.3, -0.25) is 0 Å². The quantitative estimate of drug-likeness (QED) is 0.841. The molecule has 0 saturated heterocycles. The lowest BCUT2D eigenvalue weighted by atomic mass is 10.2. The van der Waals surface area contributed by atoms with E-state index in [2.05, 4.69) is 28.2 Å². The summed E-state index contributed by atoms with van der Waals surface area (Å²) >= 11 is 3.44. The van der Waals surface area contributed by atoms with Crippen LogP contribution < -0.4 is 5.32 Å². The van der Waals surface area contributed by atoms with E-state index in [1.165, 1.54) is 0 Å². The zero-order chi connectivity index (χ0) is 14.3. The number of aliphatic hydroxyl groups excluding tert-OH is 1. The number of rotatable bonds is 6. The summed E-state index contributed by atoms with van der Waals surface area (Å²) in [4.78, 5) is 13.8. The Hall–Kier alpha value is -1.07. The zero-order valence-corrected chi connectivity index (χ0v) is 13.0. The Bertz CT molecular complexity index is 424. The van der Waals surface area contributed by atoms with Gasteiger partial charge in [-0.05, 0) is 31.0 Å². The van der Waals surface area contributed by atoms with Gasteiger partial charge in [-0.15, -0.1) is 0 Å². The molecule has 0 bridgehead atoms. The normalized spacial score (nSPS) is 10.3. The highest BCUT2D eigenvalue weighted by Crippen LogP contribution is 2.23. The van der Waals surface area contributed by atoms with Crippen LogP contribution in [0.25, 0.3) is 0 Å². The van der Waals surface area contributed by atoms with Crippen molar-refractivity contribution >= 4 is 27.6 Å². The summed E-state index contributed by atoms with van der Waals surface area (Å²) in [5, 5.41) is 11.9.